The number of nitrogens with zero attached hydrogens (tertiary/aromatic N) is 1. The second kappa shape index (κ2) is 5.43. The minimum atomic E-state index is 0.0781. The smallest absolute Gasteiger partial charge is 0.212 e. The number of benzene rings is 2. The van der Waals surface area contributed by atoms with Gasteiger partial charge in [0.2, 0.25) is 5.78 Å². The number of rotatable bonds is 2. The first-order chi connectivity index (χ1) is 12.2. The summed E-state index contributed by atoms with van der Waals surface area (Å²) in [4.78, 5) is 13.1. The van der Waals surface area contributed by atoms with Crippen molar-refractivity contribution < 1.29 is 9.53 Å². The lowest BCUT2D eigenvalue weighted by Gasteiger charge is -2.12. The van der Waals surface area contributed by atoms with Gasteiger partial charge in [-0.1, -0.05) is 42.0 Å². The van der Waals surface area contributed by atoms with Crippen molar-refractivity contribution >= 4 is 5.78 Å². The van der Waals surface area contributed by atoms with Crippen LogP contribution in [0.2, 0.25) is 0 Å². The Hall–Kier alpha value is -2.65. The molecule has 2 aliphatic rings. The van der Waals surface area contributed by atoms with Crippen molar-refractivity contribution in [2.75, 3.05) is 6.61 Å². The Balaban J connectivity index is 1.78. The van der Waals surface area contributed by atoms with Gasteiger partial charge in [-0.2, -0.15) is 0 Å². The SMILES string of the molecule is Cc1ccc(-c2c(C3CCCO3)cn3c2C(=O)c2ccccc2-3)cc1. The predicted molar refractivity (Wildman–Crippen MR) is 97.3 cm³/mol. The molecule has 3 heterocycles. The summed E-state index contributed by atoms with van der Waals surface area (Å²) in [5, 5.41) is 0. The van der Waals surface area contributed by atoms with E-state index in [9.17, 15) is 4.79 Å². The highest BCUT2D eigenvalue weighted by atomic mass is 16.5. The van der Waals surface area contributed by atoms with Crippen molar-refractivity contribution in [1.82, 2.24) is 4.57 Å². The zero-order valence-electron chi connectivity index (χ0n) is 14.2. The van der Waals surface area contributed by atoms with Crippen molar-refractivity contribution in [3.63, 3.8) is 0 Å². The maximum atomic E-state index is 13.1. The minimum Gasteiger partial charge on any atom is -0.373 e. The van der Waals surface area contributed by atoms with Gasteiger partial charge in [0.05, 0.1) is 11.8 Å². The van der Waals surface area contributed by atoms with E-state index in [0.717, 1.165) is 53.1 Å². The lowest BCUT2D eigenvalue weighted by atomic mass is 9.94. The van der Waals surface area contributed by atoms with Crippen molar-refractivity contribution in [1.29, 1.82) is 0 Å². The summed E-state index contributed by atoms with van der Waals surface area (Å²) in [6.45, 7) is 2.87. The quantitative estimate of drug-likeness (QED) is 0.526. The molecule has 2 aromatic carbocycles. The Morgan fingerprint density at radius 3 is 2.64 bits per heavy atom. The summed E-state index contributed by atoms with van der Waals surface area (Å²) in [5.41, 5.74) is 7.01. The van der Waals surface area contributed by atoms with Gasteiger partial charge in [0.25, 0.3) is 0 Å². The fourth-order valence-corrected chi connectivity index (χ4v) is 4.03. The van der Waals surface area contributed by atoms with Crippen molar-refractivity contribution in [2.24, 2.45) is 0 Å². The number of ether oxygens (including phenoxy) is 1. The topological polar surface area (TPSA) is 31.2 Å². The van der Waals surface area contributed by atoms with Gasteiger partial charge in [0.1, 0.15) is 5.69 Å². The summed E-state index contributed by atoms with van der Waals surface area (Å²) >= 11 is 0. The molecule has 3 nitrogen and oxygen atoms in total. The fraction of sp³-hybridized carbons (Fsp3) is 0.227. The van der Waals surface area contributed by atoms with Crippen LogP contribution in [-0.2, 0) is 4.74 Å². The number of hydrogen-bond acceptors (Lipinski definition) is 2. The Morgan fingerprint density at radius 2 is 1.88 bits per heavy atom. The lowest BCUT2D eigenvalue weighted by Crippen LogP contribution is -2.01. The molecule has 1 atom stereocenters. The number of carbonyl (C=O) groups excluding carboxylic acids is 1. The summed E-state index contributed by atoms with van der Waals surface area (Å²) in [6.07, 6.45) is 4.28. The van der Waals surface area contributed by atoms with Crippen LogP contribution in [0.25, 0.3) is 16.8 Å². The third kappa shape index (κ3) is 2.12. The summed E-state index contributed by atoms with van der Waals surface area (Å²) in [5.74, 6) is 0.107. The van der Waals surface area contributed by atoms with E-state index in [4.69, 9.17) is 4.74 Å². The zero-order chi connectivity index (χ0) is 17.0. The maximum Gasteiger partial charge on any atom is 0.212 e. The van der Waals surface area contributed by atoms with Gasteiger partial charge in [0.15, 0.2) is 0 Å². The molecular formula is C22H19NO2. The fourth-order valence-electron chi connectivity index (χ4n) is 4.03. The van der Waals surface area contributed by atoms with Crippen LogP contribution in [0.5, 0.6) is 0 Å². The molecule has 5 rings (SSSR count). The highest BCUT2D eigenvalue weighted by Gasteiger charge is 2.35. The number of ketones is 1. The van der Waals surface area contributed by atoms with E-state index >= 15 is 0 Å². The molecule has 0 amide bonds. The van der Waals surface area contributed by atoms with Crippen LogP contribution in [0.15, 0.2) is 54.7 Å². The highest BCUT2D eigenvalue weighted by Crippen LogP contribution is 2.43. The largest absolute Gasteiger partial charge is 0.373 e. The van der Waals surface area contributed by atoms with E-state index in [1.54, 1.807) is 0 Å². The van der Waals surface area contributed by atoms with E-state index in [0.29, 0.717) is 0 Å². The van der Waals surface area contributed by atoms with E-state index in [1.807, 2.05) is 24.3 Å². The summed E-state index contributed by atoms with van der Waals surface area (Å²) in [6, 6.07) is 16.3. The van der Waals surface area contributed by atoms with Crippen molar-refractivity contribution in [3.8, 4) is 16.8 Å². The predicted octanol–water partition coefficient (Wildman–Crippen LogP) is 4.85. The molecule has 25 heavy (non-hydrogen) atoms. The van der Waals surface area contributed by atoms with Gasteiger partial charge in [-0.25, -0.2) is 0 Å². The number of carbonyl (C=O) groups is 1. The molecule has 3 heteroatoms. The minimum absolute atomic E-state index is 0.0781. The molecule has 0 N–H and O–H groups in total. The van der Waals surface area contributed by atoms with Crippen molar-refractivity contribution in [2.45, 2.75) is 25.9 Å². The van der Waals surface area contributed by atoms with Gasteiger partial charge in [-0.05, 0) is 37.5 Å². The van der Waals surface area contributed by atoms with Crippen LogP contribution >= 0.6 is 0 Å². The van der Waals surface area contributed by atoms with Gasteiger partial charge in [-0.3, -0.25) is 4.79 Å². The van der Waals surface area contributed by atoms with E-state index in [-0.39, 0.29) is 11.9 Å². The van der Waals surface area contributed by atoms with Crippen LogP contribution < -0.4 is 0 Å². The first-order valence-corrected chi connectivity index (χ1v) is 8.82. The molecule has 1 unspecified atom stereocenters. The Kier molecular flexibility index (Phi) is 3.19. The lowest BCUT2D eigenvalue weighted by molar-refractivity contribution is 0.104. The third-order valence-electron chi connectivity index (χ3n) is 5.27. The third-order valence-corrected chi connectivity index (χ3v) is 5.27. The van der Waals surface area contributed by atoms with Gasteiger partial charge in [-0.15, -0.1) is 0 Å². The molecule has 0 spiro atoms. The molecule has 0 aliphatic carbocycles. The number of aryl methyl sites for hydroxylation is 1. The number of aromatic nitrogens is 1. The van der Waals surface area contributed by atoms with E-state index in [2.05, 4.69) is 42.0 Å². The maximum absolute atomic E-state index is 13.1. The summed E-state index contributed by atoms with van der Waals surface area (Å²) in [7, 11) is 0. The number of fused-ring (bicyclic) bond motifs is 3. The van der Waals surface area contributed by atoms with E-state index in [1.165, 1.54) is 5.56 Å². The van der Waals surface area contributed by atoms with Gasteiger partial charge in [0, 0.05) is 29.5 Å². The average molecular weight is 329 g/mol. The normalized spacial score (nSPS) is 18.4. The second-order valence-corrected chi connectivity index (χ2v) is 6.89. The number of hydrogen-bond donors (Lipinski definition) is 0. The Morgan fingerprint density at radius 1 is 1.08 bits per heavy atom. The molecule has 0 saturated carbocycles. The molecule has 0 radical (unpaired) electrons. The standard InChI is InChI=1S/C22H19NO2/c1-14-8-10-15(11-9-14)20-17(19-7-4-12-25-19)13-23-18-6-3-2-5-16(18)22(24)21(20)23/h2-3,5-6,8-11,13,19H,4,7,12H2,1H3. The molecule has 1 saturated heterocycles. The molecule has 1 aromatic heterocycles. The highest BCUT2D eigenvalue weighted by molar-refractivity contribution is 6.17. The van der Waals surface area contributed by atoms with Crippen LogP contribution in [0.4, 0.5) is 0 Å². The molecular weight excluding hydrogens is 310 g/mol. The van der Waals surface area contributed by atoms with Gasteiger partial charge < -0.3 is 9.30 Å². The Labute approximate surface area is 146 Å². The second-order valence-electron chi connectivity index (χ2n) is 6.89. The first kappa shape index (κ1) is 14.7. The Bertz CT molecular complexity index is 976. The molecule has 2 aliphatic heterocycles. The monoisotopic (exact) mass is 329 g/mol. The van der Waals surface area contributed by atoms with Crippen LogP contribution in [0, 0.1) is 6.92 Å². The summed E-state index contributed by atoms with van der Waals surface area (Å²) < 4.78 is 8.02. The van der Waals surface area contributed by atoms with E-state index < -0.39 is 0 Å². The van der Waals surface area contributed by atoms with Crippen molar-refractivity contribution in [3.05, 3.63) is 77.1 Å². The molecule has 3 aromatic rings. The van der Waals surface area contributed by atoms with Gasteiger partial charge >= 0.3 is 0 Å². The molecule has 124 valence electrons. The molecule has 0 bridgehead atoms. The average Bonchev–Trinajstić information content (AvgIpc) is 3.33. The van der Waals surface area contributed by atoms with Crippen LogP contribution in [0.3, 0.4) is 0 Å². The first-order valence-electron chi connectivity index (χ1n) is 8.82. The van der Waals surface area contributed by atoms with Crippen LogP contribution in [-0.4, -0.2) is 17.0 Å². The molecule has 1 fully saturated rings. The van der Waals surface area contributed by atoms with Crippen LogP contribution in [0.1, 0.15) is 46.1 Å². The zero-order valence-corrected chi connectivity index (χ0v) is 14.2. The number of para-hydroxylation sites is 1.